The Kier molecular flexibility index (Phi) is 5.96. The van der Waals surface area contributed by atoms with E-state index < -0.39 is 23.3 Å². The minimum absolute atomic E-state index is 0.0732. The molecule has 25 heavy (non-hydrogen) atoms. The average Bonchev–Trinajstić information content (AvgIpc) is 2.61. The third kappa shape index (κ3) is 3.57. The number of carbonyl (C=O) groups excluding carboxylic acids is 3. The van der Waals surface area contributed by atoms with E-state index in [1.807, 2.05) is 0 Å². The lowest BCUT2D eigenvalue weighted by Gasteiger charge is -2.31. The van der Waals surface area contributed by atoms with E-state index in [1.54, 1.807) is 45.0 Å². The standard InChI is InChI=1S/C19H22O6/c1-4-23-16(20)15-12-19(17(21)24-5-2,18(22)25-6-3)11-13-9-7-8-10-14(13)15/h7-10,12H,4-6,11H2,1-3H3. The minimum Gasteiger partial charge on any atom is -0.465 e. The molecule has 134 valence electrons. The van der Waals surface area contributed by atoms with Crippen molar-refractivity contribution in [3.05, 3.63) is 41.5 Å². The topological polar surface area (TPSA) is 78.9 Å². The van der Waals surface area contributed by atoms with Crippen LogP contribution in [0, 0.1) is 5.41 Å². The van der Waals surface area contributed by atoms with Crippen LogP contribution in [0.25, 0.3) is 5.57 Å². The molecular formula is C19H22O6. The van der Waals surface area contributed by atoms with Gasteiger partial charge in [-0.2, -0.15) is 0 Å². The van der Waals surface area contributed by atoms with E-state index in [9.17, 15) is 14.4 Å². The van der Waals surface area contributed by atoms with E-state index in [4.69, 9.17) is 14.2 Å². The third-order valence-corrected chi connectivity index (χ3v) is 3.94. The summed E-state index contributed by atoms with van der Waals surface area (Å²) in [5.74, 6) is -2.05. The molecule has 0 fully saturated rings. The summed E-state index contributed by atoms with van der Waals surface area (Å²) in [7, 11) is 0. The first-order valence-corrected chi connectivity index (χ1v) is 8.32. The van der Waals surface area contributed by atoms with Crippen LogP contribution in [0.2, 0.25) is 0 Å². The van der Waals surface area contributed by atoms with Crippen molar-refractivity contribution < 1.29 is 28.6 Å². The fourth-order valence-corrected chi connectivity index (χ4v) is 2.86. The highest BCUT2D eigenvalue weighted by atomic mass is 16.6. The van der Waals surface area contributed by atoms with Crippen LogP contribution in [-0.4, -0.2) is 37.7 Å². The van der Waals surface area contributed by atoms with Crippen LogP contribution in [0.4, 0.5) is 0 Å². The van der Waals surface area contributed by atoms with E-state index in [0.717, 1.165) is 0 Å². The molecule has 1 aromatic carbocycles. The maximum absolute atomic E-state index is 12.7. The summed E-state index contributed by atoms with van der Waals surface area (Å²) in [6, 6.07) is 7.11. The van der Waals surface area contributed by atoms with Crippen LogP contribution in [0.5, 0.6) is 0 Å². The van der Waals surface area contributed by atoms with E-state index in [1.165, 1.54) is 6.08 Å². The molecule has 6 heteroatoms. The predicted octanol–water partition coefficient (Wildman–Crippen LogP) is 2.30. The van der Waals surface area contributed by atoms with Gasteiger partial charge in [-0.25, -0.2) is 4.79 Å². The Labute approximate surface area is 146 Å². The molecule has 0 radical (unpaired) electrons. The molecule has 0 amide bonds. The van der Waals surface area contributed by atoms with Crippen molar-refractivity contribution in [2.24, 2.45) is 5.41 Å². The molecule has 2 rings (SSSR count). The van der Waals surface area contributed by atoms with Gasteiger partial charge in [-0.15, -0.1) is 0 Å². The van der Waals surface area contributed by atoms with E-state index in [2.05, 4.69) is 0 Å². The highest BCUT2D eigenvalue weighted by Crippen LogP contribution is 2.39. The highest BCUT2D eigenvalue weighted by molar-refractivity contribution is 6.20. The molecule has 0 atom stereocenters. The second kappa shape index (κ2) is 7.96. The smallest absolute Gasteiger partial charge is 0.338 e. The monoisotopic (exact) mass is 346 g/mol. The minimum atomic E-state index is -1.69. The SMILES string of the molecule is CCOC(=O)C1=CC(C(=O)OCC)(C(=O)OCC)Cc2ccccc21. The molecule has 1 aliphatic carbocycles. The van der Waals surface area contributed by atoms with Gasteiger partial charge in [0.25, 0.3) is 0 Å². The Morgan fingerprint density at radius 3 is 2.04 bits per heavy atom. The zero-order valence-electron chi connectivity index (χ0n) is 14.7. The van der Waals surface area contributed by atoms with Gasteiger partial charge in [0.15, 0.2) is 5.41 Å². The van der Waals surface area contributed by atoms with Gasteiger partial charge in [0.1, 0.15) is 0 Å². The zero-order valence-corrected chi connectivity index (χ0v) is 14.7. The average molecular weight is 346 g/mol. The largest absolute Gasteiger partial charge is 0.465 e. The molecule has 0 aliphatic heterocycles. The summed E-state index contributed by atoms with van der Waals surface area (Å²) >= 11 is 0. The molecule has 0 bridgehead atoms. The number of fused-ring (bicyclic) bond motifs is 1. The quantitative estimate of drug-likeness (QED) is 0.447. The van der Waals surface area contributed by atoms with E-state index in [-0.39, 0.29) is 31.8 Å². The Bertz CT molecular complexity index is 686. The molecule has 0 spiro atoms. The Hall–Kier alpha value is -2.63. The third-order valence-electron chi connectivity index (χ3n) is 3.94. The van der Waals surface area contributed by atoms with Crippen molar-refractivity contribution >= 4 is 23.5 Å². The first-order valence-electron chi connectivity index (χ1n) is 8.32. The van der Waals surface area contributed by atoms with Crippen molar-refractivity contribution in [3.8, 4) is 0 Å². The lowest BCUT2D eigenvalue weighted by molar-refractivity contribution is -0.168. The normalized spacial score (nSPS) is 14.8. The summed E-state index contributed by atoms with van der Waals surface area (Å²) in [6.45, 7) is 5.42. The lowest BCUT2D eigenvalue weighted by atomic mass is 9.73. The molecule has 0 N–H and O–H groups in total. The highest BCUT2D eigenvalue weighted by Gasteiger charge is 2.50. The van der Waals surface area contributed by atoms with E-state index in [0.29, 0.717) is 11.1 Å². The van der Waals surface area contributed by atoms with Gasteiger partial charge in [-0.3, -0.25) is 9.59 Å². The van der Waals surface area contributed by atoms with Gasteiger partial charge in [0, 0.05) is 6.42 Å². The van der Waals surface area contributed by atoms with Gasteiger partial charge in [0.05, 0.1) is 25.4 Å². The van der Waals surface area contributed by atoms with Crippen LogP contribution in [0.3, 0.4) is 0 Å². The molecule has 0 unspecified atom stereocenters. The number of carbonyl (C=O) groups is 3. The zero-order chi connectivity index (χ0) is 18.4. The van der Waals surface area contributed by atoms with Crippen LogP contribution in [-0.2, 0) is 35.0 Å². The second-order valence-corrected chi connectivity index (χ2v) is 5.52. The molecule has 0 saturated carbocycles. The maximum atomic E-state index is 12.7. The lowest BCUT2D eigenvalue weighted by Crippen LogP contribution is -2.44. The Balaban J connectivity index is 2.63. The number of hydrogen-bond donors (Lipinski definition) is 0. The van der Waals surface area contributed by atoms with Crippen LogP contribution in [0.1, 0.15) is 31.9 Å². The molecule has 6 nitrogen and oxygen atoms in total. The van der Waals surface area contributed by atoms with Crippen molar-refractivity contribution in [1.29, 1.82) is 0 Å². The summed E-state index contributed by atoms with van der Waals surface area (Å²) < 4.78 is 15.3. The van der Waals surface area contributed by atoms with Crippen molar-refractivity contribution in [2.75, 3.05) is 19.8 Å². The van der Waals surface area contributed by atoms with Crippen LogP contribution >= 0.6 is 0 Å². The molecule has 1 aliphatic rings. The van der Waals surface area contributed by atoms with Gasteiger partial charge in [0.2, 0.25) is 0 Å². The number of esters is 3. The predicted molar refractivity (Wildman–Crippen MR) is 90.5 cm³/mol. The number of ether oxygens (including phenoxy) is 3. The molecule has 0 saturated heterocycles. The molecular weight excluding hydrogens is 324 g/mol. The number of benzene rings is 1. The summed E-state index contributed by atoms with van der Waals surface area (Å²) in [6.07, 6.45) is 1.41. The van der Waals surface area contributed by atoms with Crippen LogP contribution < -0.4 is 0 Å². The molecule has 0 aromatic heterocycles. The van der Waals surface area contributed by atoms with Gasteiger partial charge in [-0.1, -0.05) is 24.3 Å². The summed E-state index contributed by atoms with van der Waals surface area (Å²) in [5.41, 5.74) is -0.188. The Morgan fingerprint density at radius 2 is 1.48 bits per heavy atom. The van der Waals surface area contributed by atoms with Crippen molar-refractivity contribution in [2.45, 2.75) is 27.2 Å². The van der Waals surface area contributed by atoms with Gasteiger partial charge < -0.3 is 14.2 Å². The Morgan fingerprint density at radius 1 is 0.920 bits per heavy atom. The second-order valence-electron chi connectivity index (χ2n) is 5.52. The summed E-state index contributed by atoms with van der Waals surface area (Å²) in [4.78, 5) is 37.7. The fourth-order valence-electron chi connectivity index (χ4n) is 2.86. The fraction of sp³-hybridized carbons (Fsp3) is 0.421. The number of hydrogen-bond acceptors (Lipinski definition) is 6. The van der Waals surface area contributed by atoms with Gasteiger partial charge >= 0.3 is 17.9 Å². The maximum Gasteiger partial charge on any atom is 0.338 e. The molecule has 0 heterocycles. The first-order chi connectivity index (χ1) is 12.0. The van der Waals surface area contributed by atoms with Gasteiger partial charge in [-0.05, 0) is 38.0 Å². The van der Waals surface area contributed by atoms with Crippen LogP contribution in [0.15, 0.2) is 30.3 Å². The molecule has 1 aromatic rings. The summed E-state index contributed by atoms with van der Waals surface area (Å²) in [5, 5.41) is 0. The van der Waals surface area contributed by atoms with Crippen molar-refractivity contribution in [1.82, 2.24) is 0 Å². The number of rotatable bonds is 6. The van der Waals surface area contributed by atoms with E-state index >= 15 is 0 Å². The van der Waals surface area contributed by atoms with Crippen molar-refractivity contribution in [3.63, 3.8) is 0 Å². The first kappa shape index (κ1) is 18.7.